The van der Waals surface area contributed by atoms with Crippen LogP contribution in [0.4, 0.5) is 4.39 Å². The zero-order chi connectivity index (χ0) is 16.4. The number of benzene rings is 2. The highest BCUT2D eigenvalue weighted by Crippen LogP contribution is 2.37. The molecule has 23 heavy (non-hydrogen) atoms. The van der Waals surface area contributed by atoms with Gasteiger partial charge in [-0.2, -0.15) is 0 Å². The number of nitrogens with two attached hydrogens (primary N) is 1. The summed E-state index contributed by atoms with van der Waals surface area (Å²) in [5.74, 6) is -0.333. The Morgan fingerprint density at radius 1 is 1.17 bits per heavy atom. The Hall–Kier alpha value is -1.36. The summed E-state index contributed by atoms with van der Waals surface area (Å²) < 4.78 is 14.4. The number of aromatic amines is 1. The summed E-state index contributed by atoms with van der Waals surface area (Å²) in [4.78, 5) is 3.45. The summed E-state index contributed by atoms with van der Waals surface area (Å²) in [5, 5.41) is 1.57. The number of aryl methyl sites for hydroxylation is 1. The average molecular weight is 396 g/mol. The molecule has 2 nitrogen and oxygen atoms in total. The molecule has 0 aliphatic carbocycles. The molecule has 0 atom stereocenters. The lowest BCUT2D eigenvalue weighted by Gasteiger charge is -2.07. The number of aromatic nitrogens is 1. The second kappa shape index (κ2) is 7.04. The summed E-state index contributed by atoms with van der Waals surface area (Å²) in [6.07, 6.45) is 2.87. The number of H-pyrrole nitrogens is 1. The second-order valence-corrected chi connectivity index (χ2v) is 6.77. The van der Waals surface area contributed by atoms with Crippen LogP contribution in [-0.4, -0.2) is 11.5 Å². The van der Waals surface area contributed by atoms with Crippen molar-refractivity contribution in [1.29, 1.82) is 0 Å². The predicted octanol–water partition coefficient (Wildman–Crippen LogP) is 5.67. The molecule has 0 unspecified atom stereocenters. The highest BCUT2D eigenvalue weighted by Gasteiger charge is 2.16. The summed E-state index contributed by atoms with van der Waals surface area (Å²) >= 11 is 9.86. The van der Waals surface area contributed by atoms with Gasteiger partial charge in [0.2, 0.25) is 0 Å². The van der Waals surface area contributed by atoms with Crippen LogP contribution in [0.2, 0.25) is 5.02 Å². The van der Waals surface area contributed by atoms with Crippen LogP contribution in [0, 0.1) is 5.82 Å². The van der Waals surface area contributed by atoms with E-state index < -0.39 is 0 Å². The van der Waals surface area contributed by atoms with Crippen molar-refractivity contribution >= 4 is 38.4 Å². The third-order valence-corrected chi connectivity index (χ3v) is 4.95. The Bertz CT molecular complexity index is 844. The molecule has 0 amide bonds. The molecule has 2 aromatic carbocycles. The SMILES string of the molecule is NCCCCc1c(-c2ccc(F)cc2Cl)[nH]c2c(Br)cccc12. The molecule has 0 aliphatic heterocycles. The van der Waals surface area contributed by atoms with Gasteiger partial charge in [0, 0.05) is 15.4 Å². The van der Waals surface area contributed by atoms with E-state index in [1.54, 1.807) is 6.07 Å². The van der Waals surface area contributed by atoms with E-state index in [0.717, 1.165) is 45.9 Å². The third kappa shape index (κ3) is 3.30. The topological polar surface area (TPSA) is 41.8 Å². The van der Waals surface area contributed by atoms with Gasteiger partial charge in [-0.05, 0) is 71.6 Å². The molecule has 1 heterocycles. The van der Waals surface area contributed by atoms with Crippen molar-refractivity contribution < 1.29 is 4.39 Å². The Balaban J connectivity index is 2.17. The number of fused-ring (bicyclic) bond motifs is 1. The van der Waals surface area contributed by atoms with Gasteiger partial charge in [0.15, 0.2) is 0 Å². The highest BCUT2D eigenvalue weighted by atomic mass is 79.9. The molecule has 120 valence electrons. The lowest BCUT2D eigenvalue weighted by atomic mass is 10.0. The quantitative estimate of drug-likeness (QED) is 0.537. The zero-order valence-corrected chi connectivity index (χ0v) is 14.8. The van der Waals surface area contributed by atoms with E-state index in [4.69, 9.17) is 17.3 Å². The van der Waals surface area contributed by atoms with Gasteiger partial charge in [0.25, 0.3) is 0 Å². The fourth-order valence-corrected chi connectivity index (χ4v) is 3.59. The number of nitrogens with one attached hydrogen (secondary N) is 1. The molecular weight excluding hydrogens is 379 g/mol. The number of unbranched alkanes of at least 4 members (excludes halogenated alkanes) is 1. The molecule has 3 N–H and O–H groups in total. The van der Waals surface area contributed by atoms with Gasteiger partial charge in [-0.25, -0.2) is 4.39 Å². The maximum Gasteiger partial charge on any atom is 0.124 e. The van der Waals surface area contributed by atoms with E-state index in [2.05, 4.69) is 27.0 Å². The van der Waals surface area contributed by atoms with E-state index in [0.29, 0.717) is 11.6 Å². The van der Waals surface area contributed by atoms with E-state index in [1.807, 2.05) is 12.1 Å². The van der Waals surface area contributed by atoms with Crippen molar-refractivity contribution in [2.24, 2.45) is 5.73 Å². The largest absolute Gasteiger partial charge is 0.353 e. The monoisotopic (exact) mass is 394 g/mol. The van der Waals surface area contributed by atoms with Crippen LogP contribution in [0.15, 0.2) is 40.9 Å². The first-order valence-electron chi connectivity index (χ1n) is 7.56. The highest BCUT2D eigenvalue weighted by molar-refractivity contribution is 9.10. The molecule has 5 heteroatoms. The van der Waals surface area contributed by atoms with Gasteiger partial charge >= 0.3 is 0 Å². The lowest BCUT2D eigenvalue weighted by molar-refractivity contribution is 0.628. The van der Waals surface area contributed by atoms with E-state index in [1.165, 1.54) is 17.7 Å². The van der Waals surface area contributed by atoms with Crippen molar-refractivity contribution in [3.8, 4) is 11.3 Å². The van der Waals surface area contributed by atoms with Crippen molar-refractivity contribution in [2.75, 3.05) is 6.54 Å². The molecule has 0 radical (unpaired) electrons. The third-order valence-electron chi connectivity index (χ3n) is 3.97. The number of halogens is 3. The number of hydrogen-bond donors (Lipinski definition) is 2. The van der Waals surface area contributed by atoms with E-state index in [9.17, 15) is 4.39 Å². The van der Waals surface area contributed by atoms with Gasteiger partial charge in [0.1, 0.15) is 5.82 Å². The van der Waals surface area contributed by atoms with Gasteiger partial charge in [-0.1, -0.05) is 23.7 Å². The normalized spacial score (nSPS) is 11.3. The number of hydrogen-bond acceptors (Lipinski definition) is 1. The smallest absolute Gasteiger partial charge is 0.124 e. The maximum absolute atomic E-state index is 13.4. The van der Waals surface area contributed by atoms with Gasteiger partial charge in [-0.15, -0.1) is 0 Å². The molecule has 0 saturated heterocycles. The van der Waals surface area contributed by atoms with E-state index in [-0.39, 0.29) is 5.82 Å². The van der Waals surface area contributed by atoms with Gasteiger partial charge in [-0.3, -0.25) is 0 Å². The first-order valence-corrected chi connectivity index (χ1v) is 8.73. The Morgan fingerprint density at radius 3 is 2.74 bits per heavy atom. The van der Waals surface area contributed by atoms with Crippen molar-refractivity contribution in [3.63, 3.8) is 0 Å². The van der Waals surface area contributed by atoms with Gasteiger partial charge < -0.3 is 10.7 Å². The Morgan fingerprint density at radius 2 is 2.00 bits per heavy atom. The molecule has 3 rings (SSSR count). The fourth-order valence-electron chi connectivity index (χ4n) is 2.87. The average Bonchev–Trinajstić information content (AvgIpc) is 2.88. The van der Waals surface area contributed by atoms with E-state index >= 15 is 0 Å². The maximum atomic E-state index is 13.4. The van der Waals surface area contributed by atoms with Crippen LogP contribution < -0.4 is 5.73 Å². The summed E-state index contributed by atoms with van der Waals surface area (Å²) in [5.41, 5.74) is 9.62. The number of para-hydroxylation sites is 1. The Labute approximate surface area is 148 Å². The molecule has 0 fully saturated rings. The molecule has 0 saturated carbocycles. The van der Waals surface area contributed by atoms with Crippen LogP contribution in [0.25, 0.3) is 22.2 Å². The molecule has 3 aromatic rings. The molecule has 0 spiro atoms. The molecule has 0 aliphatic rings. The van der Waals surface area contributed by atoms with Crippen molar-refractivity contribution in [3.05, 3.63) is 57.3 Å². The second-order valence-electron chi connectivity index (χ2n) is 5.51. The fraction of sp³-hybridized carbons (Fsp3) is 0.222. The molecular formula is C18H17BrClFN2. The summed E-state index contributed by atoms with van der Waals surface area (Å²) in [7, 11) is 0. The molecule has 0 bridgehead atoms. The van der Waals surface area contributed by atoms with Crippen LogP contribution in [0.5, 0.6) is 0 Å². The first-order chi connectivity index (χ1) is 11.1. The van der Waals surface area contributed by atoms with Gasteiger partial charge in [0.05, 0.1) is 16.2 Å². The minimum Gasteiger partial charge on any atom is -0.353 e. The first kappa shape index (κ1) is 16.5. The lowest BCUT2D eigenvalue weighted by Crippen LogP contribution is -1.99. The predicted molar refractivity (Wildman–Crippen MR) is 98.4 cm³/mol. The zero-order valence-electron chi connectivity index (χ0n) is 12.5. The van der Waals surface area contributed by atoms with Crippen LogP contribution >= 0.6 is 27.5 Å². The van der Waals surface area contributed by atoms with Crippen LogP contribution in [0.3, 0.4) is 0 Å². The minimum atomic E-state index is -0.333. The van der Waals surface area contributed by atoms with Crippen LogP contribution in [-0.2, 0) is 6.42 Å². The minimum absolute atomic E-state index is 0.333. The molecule has 1 aromatic heterocycles. The standard InChI is InChI=1S/C18H17BrClFN2/c19-15-6-3-5-13-12(4-1-2-9-22)17(23-18(13)15)14-8-7-11(21)10-16(14)20/h3,5-8,10,23H,1-2,4,9,22H2. The Kier molecular flexibility index (Phi) is 5.05. The van der Waals surface area contributed by atoms with Crippen molar-refractivity contribution in [1.82, 2.24) is 4.98 Å². The van der Waals surface area contributed by atoms with Crippen molar-refractivity contribution in [2.45, 2.75) is 19.3 Å². The summed E-state index contributed by atoms with van der Waals surface area (Å²) in [6, 6.07) is 10.6. The number of rotatable bonds is 5. The summed E-state index contributed by atoms with van der Waals surface area (Å²) in [6.45, 7) is 0.679. The van der Waals surface area contributed by atoms with Crippen LogP contribution in [0.1, 0.15) is 18.4 Å².